The Hall–Kier alpha value is -0.400. The summed E-state index contributed by atoms with van der Waals surface area (Å²) < 4.78 is 20.1. The number of ether oxygens (including phenoxy) is 1. The molecule has 1 fully saturated rings. The number of carbonyl (C=O) groups is 1. The number of aliphatic carboxylic acids is 1. The van der Waals surface area contributed by atoms with Gasteiger partial charge in [0.05, 0.1) is 18.5 Å². The molecule has 27 heavy (non-hydrogen) atoms. The number of fused-ring (bicyclic) bond motifs is 1. The summed E-state index contributed by atoms with van der Waals surface area (Å²) in [7, 11) is 0. The van der Waals surface area contributed by atoms with E-state index in [9.17, 15) is 24.5 Å². The number of hydrogen-bond acceptors (Lipinski definition) is 5. The van der Waals surface area contributed by atoms with Crippen molar-refractivity contribution in [3.8, 4) is 0 Å². The smallest absolute Gasteiger partial charge is 0.550 e. The molecule has 5 nitrogen and oxygen atoms in total. The Bertz CT molecular complexity index is 525. The first-order valence-electron chi connectivity index (χ1n) is 9.67. The van der Waals surface area contributed by atoms with Gasteiger partial charge in [-0.1, -0.05) is 38.3 Å². The molecule has 0 aromatic carbocycles. The number of alkyl halides is 1. The summed E-state index contributed by atoms with van der Waals surface area (Å²) >= 11 is 0. The Morgan fingerprint density at radius 2 is 2.15 bits per heavy atom. The number of carboxylic acids is 1. The molecule has 0 bridgehead atoms. The summed E-state index contributed by atoms with van der Waals surface area (Å²) in [5.74, 6) is -1.74. The summed E-state index contributed by atoms with van der Waals surface area (Å²) in [4.78, 5) is 10.5. The molecule has 0 aromatic heterocycles. The molecule has 0 amide bonds. The number of unbranched alkanes of at least 4 members (excludes halogenated alkanes) is 2. The molecule has 7 heteroatoms. The van der Waals surface area contributed by atoms with E-state index in [2.05, 4.69) is 6.92 Å². The van der Waals surface area contributed by atoms with Crippen molar-refractivity contribution < 1.29 is 58.8 Å². The minimum atomic E-state index is -1.29. The maximum Gasteiger partial charge on any atom is 1.00 e. The van der Waals surface area contributed by atoms with Crippen LogP contribution in [0.5, 0.6) is 0 Å². The Labute approximate surface area is 183 Å². The largest absolute Gasteiger partial charge is 1.00 e. The molecule has 6 unspecified atom stereocenters. The summed E-state index contributed by atoms with van der Waals surface area (Å²) in [5, 5.41) is 30.9. The van der Waals surface area contributed by atoms with Gasteiger partial charge in [0.25, 0.3) is 0 Å². The number of aliphatic hydroxyl groups excluding tert-OH is 2. The molecular weight excluding hydrogens is 362 g/mol. The van der Waals surface area contributed by atoms with Crippen molar-refractivity contribution in [1.82, 2.24) is 0 Å². The minimum absolute atomic E-state index is 0. The van der Waals surface area contributed by atoms with Crippen LogP contribution in [-0.2, 0) is 9.53 Å². The standard InChI is InChI=1S/C20H31FO5.Na/c1-2-3-4-6-13(22)9-10-14-17(23)11-18-20(14)15(12-26-18)16(21)7-5-8-19(24)25;/h9-10,12-14,16-18,20,22-23H,2-8,11H2,1H3,(H,24,25);/q;+1/p-1. The van der Waals surface area contributed by atoms with E-state index in [-0.39, 0.29) is 66.8 Å². The van der Waals surface area contributed by atoms with Gasteiger partial charge in [0.2, 0.25) is 0 Å². The Kier molecular flexibility index (Phi) is 11.2. The summed E-state index contributed by atoms with van der Waals surface area (Å²) in [5.41, 5.74) is 0.486. The van der Waals surface area contributed by atoms with E-state index in [4.69, 9.17) is 4.74 Å². The van der Waals surface area contributed by atoms with Crippen LogP contribution in [0.1, 0.15) is 58.3 Å². The van der Waals surface area contributed by atoms with E-state index in [0.29, 0.717) is 18.4 Å². The SMILES string of the molecule is CCCCCC(O)C=CC1C(O)CC2OC=C(C(F)CCCC(=O)[O-])C21.[Na+]. The van der Waals surface area contributed by atoms with Gasteiger partial charge in [0, 0.05) is 29.8 Å². The Balaban J connectivity index is 0.00000364. The average molecular weight is 392 g/mol. The van der Waals surface area contributed by atoms with Gasteiger partial charge in [-0.2, -0.15) is 0 Å². The molecule has 0 radical (unpaired) electrons. The van der Waals surface area contributed by atoms with Gasteiger partial charge in [-0.15, -0.1) is 0 Å². The van der Waals surface area contributed by atoms with E-state index in [0.717, 1.165) is 19.3 Å². The van der Waals surface area contributed by atoms with Crippen LogP contribution in [-0.4, -0.2) is 40.7 Å². The molecule has 1 saturated carbocycles. The van der Waals surface area contributed by atoms with Crippen molar-refractivity contribution in [2.45, 2.75) is 82.8 Å². The first-order chi connectivity index (χ1) is 12.4. The van der Waals surface area contributed by atoms with Crippen LogP contribution in [0.3, 0.4) is 0 Å². The number of rotatable bonds is 11. The molecule has 0 spiro atoms. The third-order valence-electron chi connectivity index (χ3n) is 5.36. The summed E-state index contributed by atoms with van der Waals surface area (Å²) in [6.45, 7) is 2.10. The average Bonchev–Trinajstić information content (AvgIpc) is 3.11. The molecule has 1 aliphatic carbocycles. The molecule has 2 N–H and O–H groups in total. The second-order valence-corrected chi connectivity index (χ2v) is 7.38. The van der Waals surface area contributed by atoms with Crippen molar-refractivity contribution in [2.24, 2.45) is 11.8 Å². The maximum absolute atomic E-state index is 14.6. The van der Waals surface area contributed by atoms with E-state index >= 15 is 0 Å². The van der Waals surface area contributed by atoms with Crippen molar-refractivity contribution in [3.63, 3.8) is 0 Å². The van der Waals surface area contributed by atoms with E-state index < -0.39 is 24.3 Å². The first-order valence-corrected chi connectivity index (χ1v) is 9.67. The predicted octanol–water partition coefficient (Wildman–Crippen LogP) is -0.974. The Morgan fingerprint density at radius 1 is 1.41 bits per heavy atom. The van der Waals surface area contributed by atoms with Crippen LogP contribution < -0.4 is 34.7 Å². The van der Waals surface area contributed by atoms with E-state index in [1.807, 2.05) is 0 Å². The molecule has 2 rings (SSSR count). The van der Waals surface area contributed by atoms with Gasteiger partial charge >= 0.3 is 29.6 Å². The molecule has 1 aliphatic heterocycles. The molecule has 148 valence electrons. The third kappa shape index (κ3) is 7.17. The predicted molar refractivity (Wildman–Crippen MR) is 93.6 cm³/mol. The summed E-state index contributed by atoms with van der Waals surface area (Å²) in [6, 6.07) is 0. The zero-order valence-corrected chi connectivity index (χ0v) is 18.4. The fraction of sp³-hybridized carbons (Fsp3) is 0.750. The van der Waals surface area contributed by atoms with Crippen LogP contribution in [0.2, 0.25) is 0 Å². The van der Waals surface area contributed by atoms with Crippen molar-refractivity contribution >= 4 is 5.97 Å². The second kappa shape index (κ2) is 12.2. The number of hydrogen-bond donors (Lipinski definition) is 2. The van der Waals surface area contributed by atoms with Crippen molar-refractivity contribution in [3.05, 3.63) is 24.0 Å². The van der Waals surface area contributed by atoms with Gasteiger partial charge in [0.1, 0.15) is 12.3 Å². The number of halogens is 1. The van der Waals surface area contributed by atoms with Gasteiger partial charge in [-0.3, -0.25) is 0 Å². The topological polar surface area (TPSA) is 89.8 Å². The zero-order valence-electron chi connectivity index (χ0n) is 16.4. The van der Waals surface area contributed by atoms with E-state index in [1.54, 1.807) is 12.2 Å². The van der Waals surface area contributed by atoms with Crippen LogP contribution in [0.25, 0.3) is 0 Å². The summed E-state index contributed by atoms with van der Waals surface area (Å²) in [6.07, 6.45) is 6.51. The monoisotopic (exact) mass is 392 g/mol. The first kappa shape index (κ1) is 24.6. The van der Waals surface area contributed by atoms with Crippen LogP contribution >= 0.6 is 0 Å². The minimum Gasteiger partial charge on any atom is -0.550 e. The number of carbonyl (C=O) groups excluding carboxylic acids is 1. The normalized spacial score (nSPS) is 29.0. The van der Waals surface area contributed by atoms with E-state index in [1.165, 1.54) is 6.26 Å². The third-order valence-corrected chi connectivity index (χ3v) is 5.36. The van der Waals surface area contributed by atoms with Gasteiger partial charge in [-0.05, 0) is 25.7 Å². The molecule has 2 aliphatic rings. The number of aliphatic hydroxyl groups is 2. The van der Waals surface area contributed by atoms with Crippen LogP contribution in [0.15, 0.2) is 24.0 Å². The van der Waals surface area contributed by atoms with Gasteiger partial charge < -0.3 is 24.9 Å². The molecule has 0 saturated heterocycles. The van der Waals surface area contributed by atoms with Gasteiger partial charge in [0.15, 0.2) is 0 Å². The second-order valence-electron chi connectivity index (χ2n) is 7.38. The fourth-order valence-corrected chi connectivity index (χ4v) is 3.93. The van der Waals surface area contributed by atoms with Crippen LogP contribution in [0.4, 0.5) is 4.39 Å². The quantitative estimate of drug-likeness (QED) is 0.268. The zero-order chi connectivity index (χ0) is 19.1. The molecular formula is C20H30FNaO5. The van der Waals surface area contributed by atoms with Crippen molar-refractivity contribution in [2.75, 3.05) is 0 Å². The van der Waals surface area contributed by atoms with Crippen molar-refractivity contribution in [1.29, 1.82) is 0 Å². The maximum atomic E-state index is 14.6. The van der Waals surface area contributed by atoms with Crippen LogP contribution in [0, 0.1) is 11.8 Å². The fourth-order valence-electron chi connectivity index (χ4n) is 3.93. The Morgan fingerprint density at radius 3 is 2.81 bits per heavy atom. The van der Waals surface area contributed by atoms with Gasteiger partial charge in [-0.25, -0.2) is 4.39 Å². The number of carboxylic acid groups (broad SMARTS) is 1. The molecule has 0 aromatic rings. The molecule has 6 atom stereocenters. The molecule has 1 heterocycles.